The Bertz CT molecular complexity index is 646. The van der Waals surface area contributed by atoms with E-state index in [9.17, 15) is 0 Å². The van der Waals surface area contributed by atoms with Gasteiger partial charge in [0.25, 0.3) is 0 Å². The second-order valence-electron chi connectivity index (χ2n) is 4.85. The minimum atomic E-state index is 0. The number of guanidine groups is 1. The number of rotatable bonds is 5. The highest BCUT2D eigenvalue weighted by molar-refractivity contribution is 14.0. The molecule has 1 aromatic carbocycles. The molecule has 126 valence electrons. The third-order valence-corrected chi connectivity index (χ3v) is 3.78. The SMILES string of the molecule is CCNC(=NCc1noc(C)n1)N(C)Cc1ccccc1Br.I. The predicted molar refractivity (Wildman–Crippen MR) is 105 cm³/mol. The van der Waals surface area contributed by atoms with E-state index in [4.69, 9.17) is 4.52 Å². The lowest BCUT2D eigenvalue weighted by Gasteiger charge is -2.22. The van der Waals surface area contributed by atoms with Crippen LogP contribution in [0.3, 0.4) is 0 Å². The fourth-order valence-corrected chi connectivity index (χ4v) is 2.39. The molecule has 1 aromatic heterocycles. The first kappa shape index (κ1) is 19.9. The molecular formula is C15H21BrIN5O. The summed E-state index contributed by atoms with van der Waals surface area (Å²) in [5.74, 6) is 1.94. The Morgan fingerprint density at radius 3 is 2.74 bits per heavy atom. The number of hydrogen-bond acceptors (Lipinski definition) is 4. The van der Waals surface area contributed by atoms with Crippen LogP contribution in [0.15, 0.2) is 38.3 Å². The van der Waals surface area contributed by atoms with Crippen LogP contribution in [0, 0.1) is 6.92 Å². The van der Waals surface area contributed by atoms with Gasteiger partial charge in [-0.1, -0.05) is 39.3 Å². The van der Waals surface area contributed by atoms with Crippen molar-refractivity contribution in [2.24, 2.45) is 4.99 Å². The average Bonchev–Trinajstić information content (AvgIpc) is 2.91. The lowest BCUT2D eigenvalue weighted by molar-refractivity contribution is 0.387. The number of nitrogens with one attached hydrogen (secondary N) is 1. The maximum Gasteiger partial charge on any atom is 0.223 e. The summed E-state index contributed by atoms with van der Waals surface area (Å²) in [7, 11) is 2.00. The average molecular weight is 494 g/mol. The van der Waals surface area contributed by atoms with Crippen LogP contribution in [-0.4, -0.2) is 34.6 Å². The highest BCUT2D eigenvalue weighted by Gasteiger charge is 2.09. The van der Waals surface area contributed by atoms with Crippen molar-refractivity contribution >= 4 is 45.9 Å². The van der Waals surface area contributed by atoms with Gasteiger partial charge in [0.2, 0.25) is 5.89 Å². The Morgan fingerprint density at radius 2 is 2.13 bits per heavy atom. The van der Waals surface area contributed by atoms with Crippen molar-refractivity contribution in [3.05, 3.63) is 46.0 Å². The van der Waals surface area contributed by atoms with E-state index in [0.29, 0.717) is 18.3 Å². The van der Waals surface area contributed by atoms with Gasteiger partial charge in [0.15, 0.2) is 11.8 Å². The van der Waals surface area contributed by atoms with Crippen LogP contribution >= 0.6 is 39.9 Å². The quantitative estimate of drug-likeness (QED) is 0.393. The highest BCUT2D eigenvalue weighted by atomic mass is 127. The monoisotopic (exact) mass is 493 g/mol. The molecule has 6 nitrogen and oxygen atoms in total. The fourth-order valence-electron chi connectivity index (χ4n) is 1.98. The maximum atomic E-state index is 4.96. The zero-order valence-corrected chi connectivity index (χ0v) is 17.3. The first-order valence-corrected chi connectivity index (χ1v) is 7.91. The third kappa shape index (κ3) is 6.09. The van der Waals surface area contributed by atoms with Crippen molar-refractivity contribution in [3.63, 3.8) is 0 Å². The number of hydrogen-bond donors (Lipinski definition) is 1. The second kappa shape index (κ2) is 9.86. The first-order chi connectivity index (χ1) is 10.6. The van der Waals surface area contributed by atoms with Crippen molar-refractivity contribution in [1.29, 1.82) is 0 Å². The molecule has 0 spiro atoms. The molecule has 0 unspecified atom stereocenters. The van der Waals surface area contributed by atoms with E-state index in [2.05, 4.69) is 47.3 Å². The van der Waals surface area contributed by atoms with Gasteiger partial charge >= 0.3 is 0 Å². The largest absolute Gasteiger partial charge is 0.357 e. The van der Waals surface area contributed by atoms with Crippen molar-refractivity contribution < 1.29 is 4.52 Å². The second-order valence-corrected chi connectivity index (χ2v) is 5.70. The molecule has 2 aromatic rings. The van der Waals surface area contributed by atoms with Crippen LogP contribution in [0.2, 0.25) is 0 Å². The van der Waals surface area contributed by atoms with Gasteiger partial charge in [0.1, 0.15) is 6.54 Å². The standard InChI is InChI=1S/C15H20BrN5O.HI/c1-4-17-15(18-9-14-19-11(2)22-20-14)21(3)10-12-7-5-6-8-13(12)16;/h5-8H,4,9-10H2,1-3H3,(H,17,18);1H. The van der Waals surface area contributed by atoms with E-state index in [1.54, 1.807) is 6.92 Å². The molecule has 0 amide bonds. The number of halogens is 2. The van der Waals surface area contributed by atoms with E-state index in [0.717, 1.165) is 23.5 Å². The van der Waals surface area contributed by atoms with Crippen LogP contribution in [-0.2, 0) is 13.1 Å². The van der Waals surface area contributed by atoms with Crippen molar-refractivity contribution in [2.45, 2.75) is 26.9 Å². The normalized spacial score (nSPS) is 11.0. The van der Waals surface area contributed by atoms with Gasteiger partial charge in [-0.05, 0) is 18.6 Å². The van der Waals surface area contributed by atoms with Crippen LogP contribution in [0.4, 0.5) is 0 Å². The maximum absolute atomic E-state index is 4.96. The van der Waals surface area contributed by atoms with Crippen molar-refractivity contribution in [3.8, 4) is 0 Å². The van der Waals surface area contributed by atoms with E-state index >= 15 is 0 Å². The van der Waals surface area contributed by atoms with Crippen LogP contribution in [0.25, 0.3) is 0 Å². The Morgan fingerprint density at radius 1 is 1.39 bits per heavy atom. The number of benzene rings is 1. The van der Waals surface area contributed by atoms with Gasteiger partial charge in [-0.15, -0.1) is 24.0 Å². The summed E-state index contributed by atoms with van der Waals surface area (Å²) >= 11 is 3.57. The molecule has 0 saturated heterocycles. The van der Waals surface area contributed by atoms with Gasteiger partial charge in [0.05, 0.1) is 0 Å². The Hall–Kier alpha value is -1.16. The topological polar surface area (TPSA) is 66.5 Å². The lowest BCUT2D eigenvalue weighted by atomic mass is 10.2. The minimum Gasteiger partial charge on any atom is -0.357 e. The summed E-state index contributed by atoms with van der Waals surface area (Å²) in [6.07, 6.45) is 0. The lowest BCUT2D eigenvalue weighted by Crippen LogP contribution is -2.38. The molecule has 1 N–H and O–H groups in total. The van der Waals surface area contributed by atoms with Crippen LogP contribution < -0.4 is 5.32 Å². The Balaban J connectivity index is 0.00000264. The number of nitrogens with zero attached hydrogens (tertiary/aromatic N) is 4. The van der Waals surface area contributed by atoms with Gasteiger partial charge in [0, 0.05) is 31.5 Å². The molecule has 0 aliphatic rings. The summed E-state index contributed by atoms with van der Waals surface area (Å²) < 4.78 is 6.05. The molecule has 2 rings (SSSR count). The number of aliphatic imine (C=N–C) groups is 1. The highest BCUT2D eigenvalue weighted by Crippen LogP contribution is 2.17. The van der Waals surface area contributed by atoms with Gasteiger partial charge < -0.3 is 14.7 Å². The van der Waals surface area contributed by atoms with Gasteiger partial charge in [-0.25, -0.2) is 4.99 Å². The van der Waals surface area contributed by atoms with E-state index < -0.39 is 0 Å². The van der Waals surface area contributed by atoms with Gasteiger partial charge in [-0.3, -0.25) is 0 Å². The van der Waals surface area contributed by atoms with Crippen LogP contribution in [0.5, 0.6) is 0 Å². The summed E-state index contributed by atoms with van der Waals surface area (Å²) in [5, 5.41) is 7.13. The number of aromatic nitrogens is 2. The summed E-state index contributed by atoms with van der Waals surface area (Å²) in [5.41, 5.74) is 1.20. The molecule has 0 aliphatic carbocycles. The fraction of sp³-hybridized carbons (Fsp3) is 0.400. The zero-order valence-electron chi connectivity index (χ0n) is 13.4. The molecule has 0 fully saturated rings. The molecular weight excluding hydrogens is 473 g/mol. The molecule has 0 bridgehead atoms. The smallest absolute Gasteiger partial charge is 0.223 e. The van der Waals surface area contributed by atoms with E-state index in [1.807, 2.05) is 32.2 Å². The summed E-state index contributed by atoms with van der Waals surface area (Å²) in [6, 6.07) is 8.16. The van der Waals surface area contributed by atoms with Gasteiger partial charge in [-0.2, -0.15) is 4.98 Å². The zero-order chi connectivity index (χ0) is 15.9. The van der Waals surface area contributed by atoms with Crippen molar-refractivity contribution in [2.75, 3.05) is 13.6 Å². The van der Waals surface area contributed by atoms with E-state index in [1.165, 1.54) is 5.56 Å². The van der Waals surface area contributed by atoms with Crippen molar-refractivity contribution in [1.82, 2.24) is 20.4 Å². The molecule has 8 heteroatoms. The summed E-state index contributed by atoms with van der Waals surface area (Å²) in [6.45, 7) is 5.74. The predicted octanol–water partition coefficient (Wildman–Crippen LogP) is 3.36. The Labute approximate surface area is 161 Å². The molecule has 0 aliphatic heterocycles. The Kier molecular flexibility index (Phi) is 8.53. The molecule has 0 radical (unpaired) electrons. The molecule has 1 heterocycles. The number of aryl methyl sites for hydroxylation is 1. The van der Waals surface area contributed by atoms with Crippen LogP contribution in [0.1, 0.15) is 24.2 Å². The first-order valence-electron chi connectivity index (χ1n) is 7.12. The molecule has 23 heavy (non-hydrogen) atoms. The summed E-state index contributed by atoms with van der Waals surface area (Å²) in [4.78, 5) is 10.8. The van der Waals surface area contributed by atoms with E-state index in [-0.39, 0.29) is 24.0 Å². The molecule has 0 saturated carbocycles. The molecule has 0 atom stereocenters. The minimum absolute atomic E-state index is 0. The third-order valence-electron chi connectivity index (χ3n) is 3.00.